The second-order valence-corrected chi connectivity index (χ2v) is 4.60. The minimum Gasteiger partial charge on any atom is -0.349 e. The summed E-state index contributed by atoms with van der Waals surface area (Å²) in [5, 5.41) is 4.83. The number of hydrogen-bond donors (Lipinski definition) is 2. The molecule has 0 aliphatic rings. The number of carbonyl (C=O) groups excluding carboxylic acids is 1. The van der Waals surface area contributed by atoms with Crippen molar-refractivity contribution in [2.75, 3.05) is 6.54 Å². The lowest BCUT2D eigenvalue weighted by Crippen LogP contribution is -2.33. The molecule has 0 fully saturated rings. The molecule has 1 amide bonds. The number of rotatable bonds is 4. The Bertz CT molecular complexity index is 424. The predicted octanol–water partition coefficient (Wildman–Crippen LogP) is 1.98. The van der Waals surface area contributed by atoms with Crippen molar-refractivity contribution in [1.82, 2.24) is 5.32 Å². The minimum absolute atomic E-state index is 0.0178. The molecule has 0 unspecified atom stereocenters. The van der Waals surface area contributed by atoms with E-state index in [2.05, 4.69) is 31.0 Å². The van der Waals surface area contributed by atoms with Crippen LogP contribution in [-0.4, -0.2) is 18.5 Å². The van der Waals surface area contributed by atoms with Crippen LogP contribution in [0.15, 0.2) is 11.4 Å². The van der Waals surface area contributed by atoms with Crippen molar-refractivity contribution in [3.63, 3.8) is 0 Å². The first-order chi connectivity index (χ1) is 8.21. The molecule has 0 aliphatic heterocycles. The predicted molar refractivity (Wildman–Crippen MR) is 72.1 cm³/mol. The summed E-state index contributed by atoms with van der Waals surface area (Å²) in [6, 6.07) is 2.06. The normalized spacial score (nSPS) is 9.88. The van der Waals surface area contributed by atoms with Crippen molar-refractivity contribution in [2.24, 2.45) is 5.73 Å². The summed E-state index contributed by atoms with van der Waals surface area (Å²) >= 11 is 1.47. The molecule has 0 saturated heterocycles. The monoisotopic (exact) mass is 250 g/mol. The molecule has 17 heavy (non-hydrogen) atoms. The van der Waals surface area contributed by atoms with Gasteiger partial charge in [-0.2, -0.15) is 0 Å². The Labute approximate surface area is 106 Å². The molecule has 1 aromatic heterocycles. The maximum Gasteiger partial charge on any atom is 0.252 e. The molecule has 1 heterocycles. The van der Waals surface area contributed by atoms with Gasteiger partial charge in [-0.05, 0) is 18.9 Å². The maximum atomic E-state index is 11.9. The Morgan fingerprint density at radius 3 is 2.82 bits per heavy atom. The summed E-state index contributed by atoms with van der Waals surface area (Å²) in [6.45, 7) is 4.48. The quantitative estimate of drug-likeness (QED) is 0.803. The van der Waals surface area contributed by atoms with E-state index in [0.29, 0.717) is 12.1 Å². The van der Waals surface area contributed by atoms with Gasteiger partial charge in [0.2, 0.25) is 0 Å². The molecule has 3 nitrogen and oxygen atoms in total. The average Bonchev–Trinajstić information content (AvgIpc) is 2.82. The zero-order chi connectivity index (χ0) is 12.7. The van der Waals surface area contributed by atoms with Gasteiger partial charge in [-0.25, -0.2) is 0 Å². The maximum absolute atomic E-state index is 11.9. The first-order valence-corrected chi connectivity index (χ1v) is 6.67. The van der Waals surface area contributed by atoms with E-state index in [1.165, 1.54) is 11.3 Å². The lowest BCUT2D eigenvalue weighted by Gasteiger charge is -2.13. The van der Waals surface area contributed by atoms with E-state index < -0.39 is 0 Å². The highest BCUT2D eigenvalue weighted by atomic mass is 32.1. The summed E-state index contributed by atoms with van der Waals surface area (Å²) in [5.74, 6) is 5.68. The van der Waals surface area contributed by atoms with Gasteiger partial charge in [-0.3, -0.25) is 4.79 Å². The van der Waals surface area contributed by atoms with Crippen molar-refractivity contribution in [3.8, 4) is 11.8 Å². The smallest absolute Gasteiger partial charge is 0.252 e. The number of nitrogens with one attached hydrogen (secondary N) is 1. The van der Waals surface area contributed by atoms with Crippen LogP contribution in [0.1, 0.15) is 41.9 Å². The highest BCUT2D eigenvalue weighted by molar-refractivity contribution is 7.10. The third-order valence-electron chi connectivity index (χ3n) is 2.50. The van der Waals surface area contributed by atoms with Crippen LogP contribution in [0.5, 0.6) is 0 Å². The van der Waals surface area contributed by atoms with E-state index in [4.69, 9.17) is 5.73 Å². The van der Waals surface area contributed by atoms with Gasteiger partial charge in [0.05, 0.1) is 17.0 Å². The van der Waals surface area contributed by atoms with Gasteiger partial charge in [0, 0.05) is 11.4 Å². The molecule has 92 valence electrons. The van der Waals surface area contributed by atoms with Gasteiger partial charge in [0.1, 0.15) is 0 Å². The fourth-order valence-corrected chi connectivity index (χ4v) is 2.18. The molecule has 0 aromatic carbocycles. The summed E-state index contributed by atoms with van der Waals surface area (Å²) in [7, 11) is 0. The Hall–Kier alpha value is -1.31. The highest BCUT2D eigenvalue weighted by Gasteiger charge is 2.11. The zero-order valence-electron chi connectivity index (χ0n) is 10.2. The van der Waals surface area contributed by atoms with Crippen LogP contribution >= 0.6 is 11.3 Å². The fraction of sp³-hybridized carbons (Fsp3) is 0.462. The SMILES string of the molecule is CCC(CC)NC(=O)c1csc(C#CCN)c1. The first-order valence-electron chi connectivity index (χ1n) is 5.79. The lowest BCUT2D eigenvalue weighted by atomic mass is 10.1. The number of nitrogens with two attached hydrogens (primary N) is 1. The molecule has 1 rings (SSSR count). The van der Waals surface area contributed by atoms with E-state index >= 15 is 0 Å². The lowest BCUT2D eigenvalue weighted by molar-refractivity contribution is 0.0935. The van der Waals surface area contributed by atoms with Crippen LogP contribution < -0.4 is 11.1 Å². The molecule has 0 spiro atoms. The van der Waals surface area contributed by atoms with Crippen LogP contribution in [0.25, 0.3) is 0 Å². The molecule has 0 atom stereocenters. The van der Waals surface area contributed by atoms with Crippen molar-refractivity contribution >= 4 is 17.2 Å². The Morgan fingerprint density at radius 2 is 2.24 bits per heavy atom. The van der Waals surface area contributed by atoms with E-state index in [9.17, 15) is 4.79 Å². The summed E-state index contributed by atoms with van der Waals surface area (Å²) in [4.78, 5) is 12.8. The summed E-state index contributed by atoms with van der Waals surface area (Å²) < 4.78 is 0. The molecule has 1 aromatic rings. The fourth-order valence-electron chi connectivity index (χ4n) is 1.42. The first kappa shape index (κ1) is 13.8. The van der Waals surface area contributed by atoms with E-state index in [1.54, 1.807) is 0 Å². The van der Waals surface area contributed by atoms with E-state index in [0.717, 1.165) is 17.7 Å². The Kier molecular flexibility index (Phi) is 5.75. The van der Waals surface area contributed by atoms with E-state index in [1.807, 2.05) is 11.4 Å². The van der Waals surface area contributed by atoms with Gasteiger partial charge in [0.25, 0.3) is 5.91 Å². The van der Waals surface area contributed by atoms with Crippen LogP contribution in [0.3, 0.4) is 0 Å². The second-order valence-electron chi connectivity index (χ2n) is 3.69. The third kappa shape index (κ3) is 4.22. The van der Waals surface area contributed by atoms with Gasteiger partial charge in [-0.15, -0.1) is 11.3 Å². The van der Waals surface area contributed by atoms with Gasteiger partial charge in [-0.1, -0.05) is 25.7 Å². The summed E-state index contributed by atoms with van der Waals surface area (Å²) in [5.41, 5.74) is 5.98. The molecular formula is C13H18N2OS. The number of carbonyl (C=O) groups is 1. The molecule has 4 heteroatoms. The van der Waals surface area contributed by atoms with Crippen molar-refractivity contribution in [3.05, 3.63) is 21.9 Å². The Morgan fingerprint density at radius 1 is 1.53 bits per heavy atom. The second kappa shape index (κ2) is 7.10. The highest BCUT2D eigenvalue weighted by Crippen LogP contribution is 2.13. The number of hydrogen-bond acceptors (Lipinski definition) is 3. The average molecular weight is 250 g/mol. The van der Waals surface area contributed by atoms with Gasteiger partial charge >= 0.3 is 0 Å². The van der Waals surface area contributed by atoms with Gasteiger partial charge < -0.3 is 11.1 Å². The molecule has 0 radical (unpaired) electrons. The van der Waals surface area contributed by atoms with E-state index in [-0.39, 0.29) is 11.9 Å². The van der Waals surface area contributed by atoms with Crippen molar-refractivity contribution in [2.45, 2.75) is 32.7 Å². The minimum atomic E-state index is -0.0178. The van der Waals surface area contributed by atoms with Crippen LogP contribution in [0.4, 0.5) is 0 Å². The largest absolute Gasteiger partial charge is 0.349 e. The van der Waals surface area contributed by atoms with Gasteiger partial charge in [0.15, 0.2) is 0 Å². The molecule has 3 N–H and O–H groups in total. The number of thiophene rings is 1. The Balaban J connectivity index is 2.66. The number of amides is 1. The van der Waals surface area contributed by atoms with Crippen LogP contribution in [0.2, 0.25) is 0 Å². The molecule has 0 saturated carbocycles. The standard InChI is InChI=1S/C13H18N2OS/c1-3-11(4-2)15-13(16)10-8-12(17-9-10)6-5-7-14/h8-9,11H,3-4,7,14H2,1-2H3,(H,15,16). The van der Waals surface area contributed by atoms with Crippen LogP contribution in [0, 0.1) is 11.8 Å². The zero-order valence-corrected chi connectivity index (χ0v) is 11.1. The molecular weight excluding hydrogens is 232 g/mol. The van der Waals surface area contributed by atoms with Crippen molar-refractivity contribution < 1.29 is 4.79 Å². The molecule has 0 aliphatic carbocycles. The summed E-state index contributed by atoms with van der Waals surface area (Å²) in [6.07, 6.45) is 1.90. The third-order valence-corrected chi connectivity index (χ3v) is 3.34. The van der Waals surface area contributed by atoms with Crippen molar-refractivity contribution in [1.29, 1.82) is 0 Å². The van der Waals surface area contributed by atoms with Crippen LogP contribution in [-0.2, 0) is 0 Å². The molecule has 0 bridgehead atoms. The topological polar surface area (TPSA) is 55.1 Å².